The molecule has 1 nitrogen and oxygen atoms in total. The number of rotatable bonds is 3. The zero-order valence-corrected chi connectivity index (χ0v) is 9.97. The number of hydrogen-bond donors (Lipinski definition) is 1. The van der Waals surface area contributed by atoms with Crippen LogP contribution in [0, 0.1) is 25.6 Å². The molecule has 1 aromatic rings. The fourth-order valence-electron chi connectivity index (χ4n) is 1.99. The average molecular weight is 209 g/mol. The van der Waals surface area contributed by atoms with Crippen molar-refractivity contribution < 1.29 is 4.39 Å². The van der Waals surface area contributed by atoms with Crippen molar-refractivity contribution in [2.45, 2.75) is 33.6 Å². The van der Waals surface area contributed by atoms with Gasteiger partial charge in [-0.1, -0.05) is 19.9 Å². The first-order valence-corrected chi connectivity index (χ1v) is 5.44. The van der Waals surface area contributed by atoms with E-state index in [9.17, 15) is 4.39 Å². The van der Waals surface area contributed by atoms with Crippen molar-refractivity contribution in [1.29, 1.82) is 0 Å². The quantitative estimate of drug-likeness (QED) is 0.813. The van der Waals surface area contributed by atoms with E-state index in [1.54, 1.807) is 6.07 Å². The molecule has 2 unspecified atom stereocenters. The second-order valence-electron chi connectivity index (χ2n) is 4.48. The summed E-state index contributed by atoms with van der Waals surface area (Å²) in [7, 11) is 0. The molecule has 0 bridgehead atoms. The molecule has 84 valence electrons. The van der Waals surface area contributed by atoms with E-state index in [4.69, 9.17) is 5.73 Å². The highest BCUT2D eigenvalue weighted by molar-refractivity contribution is 5.34. The van der Waals surface area contributed by atoms with Crippen LogP contribution in [0.25, 0.3) is 0 Å². The molecule has 0 spiro atoms. The maximum atomic E-state index is 13.8. The van der Waals surface area contributed by atoms with Gasteiger partial charge in [0.1, 0.15) is 5.82 Å². The maximum absolute atomic E-state index is 13.8. The average Bonchev–Trinajstić information content (AvgIpc) is 2.14. The van der Waals surface area contributed by atoms with Crippen molar-refractivity contribution in [3.63, 3.8) is 0 Å². The van der Waals surface area contributed by atoms with Crippen molar-refractivity contribution in [3.05, 3.63) is 34.6 Å². The molecule has 15 heavy (non-hydrogen) atoms. The van der Waals surface area contributed by atoms with Crippen LogP contribution in [-0.2, 0) is 0 Å². The monoisotopic (exact) mass is 209 g/mol. The molecular formula is C13H20FN. The lowest BCUT2D eigenvalue weighted by molar-refractivity contribution is 0.473. The van der Waals surface area contributed by atoms with Gasteiger partial charge in [-0.2, -0.15) is 0 Å². The molecule has 0 aliphatic rings. The van der Waals surface area contributed by atoms with Crippen LogP contribution in [0.5, 0.6) is 0 Å². The van der Waals surface area contributed by atoms with Crippen molar-refractivity contribution in [2.24, 2.45) is 11.7 Å². The number of nitrogens with two attached hydrogens (primary N) is 1. The van der Waals surface area contributed by atoms with E-state index >= 15 is 0 Å². The van der Waals surface area contributed by atoms with E-state index in [-0.39, 0.29) is 11.7 Å². The van der Waals surface area contributed by atoms with E-state index in [0.717, 1.165) is 16.7 Å². The van der Waals surface area contributed by atoms with E-state index < -0.39 is 0 Å². The Hall–Kier alpha value is -0.890. The summed E-state index contributed by atoms with van der Waals surface area (Å²) >= 11 is 0. The molecule has 1 aromatic carbocycles. The van der Waals surface area contributed by atoms with E-state index in [1.165, 1.54) is 0 Å². The van der Waals surface area contributed by atoms with Crippen LogP contribution in [0.2, 0.25) is 0 Å². The van der Waals surface area contributed by atoms with Gasteiger partial charge in [0.15, 0.2) is 0 Å². The molecule has 2 heteroatoms. The van der Waals surface area contributed by atoms with Gasteiger partial charge in [0.25, 0.3) is 0 Å². The smallest absolute Gasteiger partial charge is 0.127 e. The zero-order valence-electron chi connectivity index (χ0n) is 9.97. The molecule has 0 aliphatic carbocycles. The summed E-state index contributed by atoms with van der Waals surface area (Å²) in [6, 6.07) is 3.63. The fraction of sp³-hybridized carbons (Fsp3) is 0.538. The molecule has 1 rings (SSSR count). The molecule has 0 aromatic heterocycles. The Morgan fingerprint density at radius 1 is 1.27 bits per heavy atom. The minimum absolute atomic E-state index is 0.0969. The summed E-state index contributed by atoms with van der Waals surface area (Å²) < 4.78 is 13.8. The molecule has 0 amide bonds. The summed E-state index contributed by atoms with van der Waals surface area (Å²) in [5.74, 6) is 0.386. The fourth-order valence-corrected chi connectivity index (χ4v) is 1.99. The van der Waals surface area contributed by atoms with Gasteiger partial charge in [0, 0.05) is 0 Å². The Morgan fingerprint density at radius 2 is 1.87 bits per heavy atom. The second-order valence-corrected chi connectivity index (χ2v) is 4.48. The molecular weight excluding hydrogens is 189 g/mol. The molecule has 2 N–H and O–H groups in total. The van der Waals surface area contributed by atoms with Gasteiger partial charge in [0.05, 0.1) is 0 Å². The third-order valence-electron chi connectivity index (χ3n) is 3.16. The summed E-state index contributed by atoms with van der Waals surface area (Å²) in [5.41, 5.74) is 8.44. The lowest BCUT2D eigenvalue weighted by atomic mass is 9.85. The predicted octanol–water partition coefficient (Wildman–Crippen LogP) is 3.14. The molecule has 0 heterocycles. The largest absolute Gasteiger partial charge is 0.330 e. The standard InChI is InChI=1S/C13H20FN/c1-8-5-9(2)13(12(14)6-8)11(4)10(3)7-15/h5-6,10-11H,7,15H2,1-4H3. The zero-order chi connectivity index (χ0) is 11.6. The van der Waals surface area contributed by atoms with Gasteiger partial charge in [-0.25, -0.2) is 4.39 Å². The van der Waals surface area contributed by atoms with Crippen LogP contribution in [0.15, 0.2) is 12.1 Å². The van der Waals surface area contributed by atoms with Gasteiger partial charge in [-0.15, -0.1) is 0 Å². The van der Waals surface area contributed by atoms with Crippen LogP contribution < -0.4 is 5.73 Å². The second kappa shape index (κ2) is 4.75. The van der Waals surface area contributed by atoms with Gasteiger partial charge in [0.2, 0.25) is 0 Å². The highest BCUT2D eigenvalue weighted by Crippen LogP contribution is 2.29. The number of benzene rings is 1. The third-order valence-corrected chi connectivity index (χ3v) is 3.16. The predicted molar refractivity (Wildman–Crippen MR) is 62.5 cm³/mol. The van der Waals surface area contributed by atoms with Crippen LogP contribution in [0.3, 0.4) is 0 Å². The SMILES string of the molecule is Cc1cc(C)c(C(C)C(C)CN)c(F)c1. The summed E-state index contributed by atoms with van der Waals surface area (Å²) in [6.45, 7) is 8.57. The van der Waals surface area contributed by atoms with Gasteiger partial charge >= 0.3 is 0 Å². The lowest BCUT2D eigenvalue weighted by Gasteiger charge is -2.21. The maximum Gasteiger partial charge on any atom is 0.127 e. The minimum atomic E-state index is -0.0969. The highest BCUT2D eigenvalue weighted by Gasteiger charge is 2.18. The van der Waals surface area contributed by atoms with Gasteiger partial charge in [-0.05, 0) is 55.0 Å². The first kappa shape index (κ1) is 12.2. The Kier molecular flexibility index (Phi) is 3.86. The van der Waals surface area contributed by atoms with Crippen LogP contribution in [0.4, 0.5) is 4.39 Å². The minimum Gasteiger partial charge on any atom is -0.330 e. The molecule has 0 saturated heterocycles. The normalized spacial score (nSPS) is 15.1. The lowest BCUT2D eigenvalue weighted by Crippen LogP contribution is -2.18. The Labute approximate surface area is 91.5 Å². The van der Waals surface area contributed by atoms with Crippen molar-refractivity contribution in [2.75, 3.05) is 6.54 Å². The van der Waals surface area contributed by atoms with Crippen molar-refractivity contribution in [3.8, 4) is 0 Å². The summed E-state index contributed by atoms with van der Waals surface area (Å²) in [5, 5.41) is 0. The number of aryl methyl sites for hydroxylation is 2. The van der Waals surface area contributed by atoms with E-state index in [2.05, 4.69) is 6.92 Å². The van der Waals surface area contributed by atoms with Crippen molar-refractivity contribution in [1.82, 2.24) is 0 Å². The molecule has 2 atom stereocenters. The van der Waals surface area contributed by atoms with Crippen molar-refractivity contribution >= 4 is 0 Å². The van der Waals surface area contributed by atoms with Crippen LogP contribution >= 0.6 is 0 Å². The molecule has 0 aliphatic heterocycles. The van der Waals surface area contributed by atoms with Gasteiger partial charge < -0.3 is 5.73 Å². The summed E-state index contributed by atoms with van der Waals surface area (Å²) in [6.07, 6.45) is 0. The third kappa shape index (κ3) is 2.57. The highest BCUT2D eigenvalue weighted by atomic mass is 19.1. The van der Waals surface area contributed by atoms with E-state index in [1.807, 2.05) is 26.8 Å². The first-order valence-electron chi connectivity index (χ1n) is 5.44. The Balaban J connectivity index is 3.13. The molecule has 0 fully saturated rings. The van der Waals surface area contributed by atoms with Crippen LogP contribution in [-0.4, -0.2) is 6.54 Å². The van der Waals surface area contributed by atoms with Crippen LogP contribution in [0.1, 0.15) is 36.5 Å². The number of hydrogen-bond acceptors (Lipinski definition) is 1. The Morgan fingerprint density at radius 3 is 2.33 bits per heavy atom. The Bertz CT molecular complexity index is 323. The number of halogens is 1. The molecule has 0 saturated carbocycles. The topological polar surface area (TPSA) is 26.0 Å². The van der Waals surface area contributed by atoms with Gasteiger partial charge in [-0.3, -0.25) is 0 Å². The summed E-state index contributed by atoms with van der Waals surface area (Å²) in [4.78, 5) is 0. The van der Waals surface area contributed by atoms with E-state index in [0.29, 0.717) is 12.5 Å². The first-order chi connectivity index (χ1) is 6.97. The molecule has 0 radical (unpaired) electrons.